The van der Waals surface area contributed by atoms with Crippen molar-refractivity contribution in [2.75, 3.05) is 19.4 Å². The zero-order valence-corrected chi connectivity index (χ0v) is 12.2. The van der Waals surface area contributed by atoms with E-state index in [0.29, 0.717) is 5.02 Å². The van der Waals surface area contributed by atoms with E-state index < -0.39 is 0 Å². The van der Waals surface area contributed by atoms with Gasteiger partial charge in [-0.15, -0.1) is 11.8 Å². The van der Waals surface area contributed by atoms with E-state index in [9.17, 15) is 4.79 Å². The Labute approximate surface area is 117 Å². The molecule has 0 atom stereocenters. The van der Waals surface area contributed by atoms with Gasteiger partial charge in [0.2, 0.25) is 0 Å². The molecule has 0 bridgehead atoms. The second kappa shape index (κ2) is 8.40. The number of carbonyl (C=O) groups excluding carboxylic acids is 1. The lowest BCUT2D eigenvalue weighted by atomic mass is 10.2. The monoisotopic (exact) mass is 287 g/mol. The van der Waals surface area contributed by atoms with Crippen LogP contribution in [0.4, 0.5) is 0 Å². The van der Waals surface area contributed by atoms with Crippen LogP contribution in [0.25, 0.3) is 0 Å². The number of carbonyl (C=O) groups is 1. The smallest absolute Gasteiger partial charge is 0.315 e. The number of ether oxygens (including phenoxy) is 1. The zero-order valence-electron chi connectivity index (χ0n) is 10.7. The van der Waals surface area contributed by atoms with Crippen molar-refractivity contribution in [1.29, 1.82) is 0 Å². The number of esters is 1. The zero-order chi connectivity index (χ0) is 13.4. The Morgan fingerprint density at radius 1 is 1.50 bits per heavy atom. The number of benzene rings is 1. The molecule has 0 saturated heterocycles. The molecule has 0 aliphatic carbocycles. The Morgan fingerprint density at radius 3 is 2.89 bits per heavy atom. The summed E-state index contributed by atoms with van der Waals surface area (Å²) in [6, 6.07) is 5.90. The number of hydrogen-bond acceptors (Lipinski definition) is 4. The van der Waals surface area contributed by atoms with Crippen molar-refractivity contribution in [3.63, 3.8) is 0 Å². The van der Waals surface area contributed by atoms with Gasteiger partial charge in [-0.25, -0.2) is 0 Å². The highest BCUT2D eigenvalue weighted by molar-refractivity contribution is 8.00. The van der Waals surface area contributed by atoms with E-state index in [0.717, 1.165) is 30.0 Å². The second-order valence-electron chi connectivity index (χ2n) is 3.81. The maximum atomic E-state index is 11.0. The molecular weight excluding hydrogens is 270 g/mol. The van der Waals surface area contributed by atoms with Crippen molar-refractivity contribution in [1.82, 2.24) is 5.32 Å². The molecule has 0 amide bonds. The third-order valence-electron chi connectivity index (χ3n) is 2.33. The van der Waals surface area contributed by atoms with Crippen molar-refractivity contribution in [2.45, 2.75) is 24.8 Å². The van der Waals surface area contributed by atoms with Crippen LogP contribution in [0.15, 0.2) is 23.1 Å². The molecule has 0 aliphatic rings. The Kier molecular flexibility index (Phi) is 7.16. The molecule has 0 heterocycles. The van der Waals surface area contributed by atoms with Crippen LogP contribution in [0.2, 0.25) is 5.02 Å². The van der Waals surface area contributed by atoms with Crippen LogP contribution in [0, 0.1) is 0 Å². The fraction of sp³-hybridized carbons (Fsp3) is 0.462. The first-order chi connectivity index (χ1) is 8.67. The Hall–Kier alpha value is -0.710. The Balaban J connectivity index is 2.53. The SMILES string of the molecule is CCCNCc1ccc(SCC(=O)OC)c(Cl)c1. The summed E-state index contributed by atoms with van der Waals surface area (Å²) in [5.41, 5.74) is 1.15. The first kappa shape index (κ1) is 15.3. The molecule has 0 spiro atoms. The summed E-state index contributed by atoms with van der Waals surface area (Å²) in [4.78, 5) is 11.9. The molecule has 18 heavy (non-hydrogen) atoms. The Bertz CT molecular complexity index is 399. The molecule has 0 unspecified atom stereocenters. The van der Waals surface area contributed by atoms with Gasteiger partial charge in [0.25, 0.3) is 0 Å². The fourth-order valence-electron chi connectivity index (χ4n) is 1.38. The van der Waals surface area contributed by atoms with E-state index in [1.165, 1.54) is 18.9 Å². The van der Waals surface area contributed by atoms with Gasteiger partial charge in [0.15, 0.2) is 0 Å². The maximum absolute atomic E-state index is 11.0. The van der Waals surface area contributed by atoms with Gasteiger partial charge in [0.05, 0.1) is 17.9 Å². The van der Waals surface area contributed by atoms with Gasteiger partial charge >= 0.3 is 5.97 Å². The standard InChI is InChI=1S/C13H18ClNO2S/c1-3-6-15-8-10-4-5-12(11(14)7-10)18-9-13(16)17-2/h4-5,7,15H,3,6,8-9H2,1-2H3. The number of halogens is 1. The van der Waals surface area contributed by atoms with Crippen molar-refractivity contribution in [2.24, 2.45) is 0 Å². The van der Waals surface area contributed by atoms with Crippen LogP contribution in [0.1, 0.15) is 18.9 Å². The van der Waals surface area contributed by atoms with Crippen LogP contribution in [0.3, 0.4) is 0 Å². The summed E-state index contributed by atoms with van der Waals surface area (Å²) >= 11 is 7.56. The first-order valence-corrected chi connectivity index (χ1v) is 7.22. The van der Waals surface area contributed by atoms with Gasteiger partial charge in [0.1, 0.15) is 0 Å². The van der Waals surface area contributed by atoms with E-state index in [2.05, 4.69) is 17.0 Å². The van der Waals surface area contributed by atoms with Crippen LogP contribution in [0.5, 0.6) is 0 Å². The topological polar surface area (TPSA) is 38.3 Å². The van der Waals surface area contributed by atoms with Gasteiger partial charge in [-0.3, -0.25) is 4.79 Å². The van der Waals surface area contributed by atoms with E-state index in [4.69, 9.17) is 11.6 Å². The predicted molar refractivity (Wildman–Crippen MR) is 76.2 cm³/mol. The number of thioether (sulfide) groups is 1. The normalized spacial score (nSPS) is 10.4. The number of hydrogen-bond donors (Lipinski definition) is 1. The molecule has 1 aromatic rings. The van der Waals surface area contributed by atoms with Crippen LogP contribution >= 0.6 is 23.4 Å². The fourth-order valence-corrected chi connectivity index (χ4v) is 2.50. The maximum Gasteiger partial charge on any atom is 0.315 e. The van der Waals surface area contributed by atoms with E-state index in [1.54, 1.807) is 0 Å². The summed E-state index contributed by atoms with van der Waals surface area (Å²) in [5.74, 6) is 0.0358. The molecule has 5 heteroatoms. The molecule has 3 nitrogen and oxygen atoms in total. The average Bonchev–Trinajstić information content (AvgIpc) is 2.37. The molecule has 0 radical (unpaired) electrons. The molecule has 0 saturated carbocycles. The summed E-state index contributed by atoms with van der Waals surface area (Å²) in [5, 5.41) is 4.00. The van der Waals surface area contributed by atoms with Crippen molar-refractivity contribution >= 4 is 29.3 Å². The molecule has 100 valence electrons. The highest BCUT2D eigenvalue weighted by Crippen LogP contribution is 2.28. The quantitative estimate of drug-likeness (QED) is 0.475. The highest BCUT2D eigenvalue weighted by Gasteiger charge is 2.06. The third kappa shape index (κ3) is 5.29. The summed E-state index contributed by atoms with van der Waals surface area (Å²) in [7, 11) is 1.38. The molecule has 1 aromatic carbocycles. The summed E-state index contributed by atoms with van der Waals surface area (Å²) < 4.78 is 4.59. The molecule has 0 aliphatic heterocycles. The molecule has 1 N–H and O–H groups in total. The van der Waals surface area contributed by atoms with Gasteiger partial charge in [0, 0.05) is 11.4 Å². The average molecular weight is 288 g/mol. The number of methoxy groups -OCH3 is 1. The van der Waals surface area contributed by atoms with Gasteiger partial charge in [-0.2, -0.15) is 0 Å². The molecule has 1 rings (SSSR count). The largest absolute Gasteiger partial charge is 0.468 e. The number of nitrogens with one attached hydrogen (secondary N) is 1. The minimum Gasteiger partial charge on any atom is -0.468 e. The lowest BCUT2D eigenvalue weighted by Crippen LogP contribution is -2.13. The molecular formula is C13H18ClNO2S. The summed E-state index contributed by atoms with van der Waals surface area (Å²) in [6.07, 6.45) is 1.11. The minimum atomic E-state index is -0.246. The highest BCUT2D eigenvalue weighted by atomic mass is 35.5. The van der Waals surface area contributed by atoms with Crippen molar-refractivity contribution in [3.05, 3.63) is 28.8 Å². The van der Waals surface area contributed by atoms with Crippen LogP contribution < -0.4 is 5.32 Å². The van der Waals surface area contributed by atoms with Gasteiger partial charge in [-0.05, 0) is 30.7 Å². The third-order valence-corrected chi connectivity index (χ3v) is 3.80. The lowest BCUT2D eigenvalue weighted by Gasteiger charge is -2.07. The van der Waals surface area contributed by atoms with Crippen LogP contribution in [-0.4, -0.2) is 25.4 Å². The number of rotatable bonds is 7. The van der Waals surface area contributed by atoms with E-state index in [1.807, 2.05) is 18.2 Å². The lowest BCUT2D eigenvalue weighted by molar-refractivity contribution is -0.137. The van der Waals surface area contributed by atoms with Crippen molar-refractivity contribution in [3.8, 4) is 0 Å². The van der Waals surface area contributed by atoms with E-state index in [-0.39, 0.29) is 11.7 Å². The van der Waals surface area contributed by atoms with E-state index >= 15 is 0 Å². The van der Waals surface area contributed by atoms with Gasteiger partial charge in [-0.1, -0.05) is 24.6 Å². The van der Waals surface area contributed by atoms with Crippen LogP contribution in [-0.2, 0) is 16.1 Å². The predicted octanol–water partition coefficient (Wildman–Crippen LogP) is 3.10. The summed E-state index contributed by atoms with van der Waals surface area (Å²) in [6.45, 7) is 3.94. The minimum absolute atomic E-state index is 0.246. The second-order valence-corrected chi connectivity index (χ2v) is 5.23. The Morgan fingerprint density at radius 2 is 2.28 bits per heavy atom. The van der Waals surface area contributed by atoms with Crippen molar-refractivity contribution < 1.29 is 9.53 Å². The first-order valence-electron chi connectivity index (χ1n) is 5.86. The molecule has 0 fully saturated rings. The molecule has 0 aromatic heterocycles. The van der Waals surface area contributed by atoms with Gasteiger partial charge < -0.3 is 10.1 Å².